The van der Waals surface area contributed by atoms with Gasteiger partial charge in [0.05, 0.1) is 0 Å². The summed E-state index contributed by atoms with van der Waals surface area (Å²) in [6, 6.07) is -0.404. The maximum absolute atomic E-state index is 12.4. The zero-order valence-corrected chi connectivity index (χ0v) is 15.0. The molecule has 130 valence electrons. The van der Waals surface area contributed by atoms with Gasteiger partial charge in [-0.25, -0.2) is 4.79 Å². The molecule has 2 N–H and O–H groups in total. The third-order valence-electron chi connectivity index (χ3n) is 5.66. The molecule has 23 heavy (non-hydrogen) atoms. The van der Waals surface area contributed by atoms with E-state index in [1.54, 1.807) is 15.9 Å². The van der Waals surface area contributed by atoms with Crippen LogP contribution >= 0.6 is 0 Å². The molecular weight excluding hydrogens is 290 g/mol. The first-order chi connectivity index (χ1) is 10.6. The summed E-state index contributed by atoms with van der Waals surface area (Å²) in [5, 5.41) is 0. The van der Waals surface area contributed by atoms with Gasteiger partial charge in [0.1, 0.15) is 0 Å². The van der Waals surface area contributed by atoms with Crippen LogP contribution < -0.4 is 5.73 Å². The van der Waals surface area contributed by atoms with Crippen molar-refractivity contribution in [2.75, 3.05) is 26.2 Å². The van der Waals surface area contributed by atoms with Crippen LogP contribution in [0.4, 0.5) is 4.79 Å². The SMILES string of the molecule is CC1(C)CCCC(C)(C)C1C=CC(=O)N1CCN(C(N)=O)CC1. The van der Waals surface area contributed by atoms with Crippen molar-refractivity contribution in [3.63, 3.8) is 0 Å². The second-order valence-electron chi connectivity index (χ2n) is 8.32. The number of hydrogen-bond donors (Lipinski definition) is 1. The second kappa shape index (κ2) is 6.54. The van der Waals surface area contributed by atoms with Crippen LogP contribution in [0.1, 0.15) is 47.0 Å². The van der Waals surface area contributed by atoms with E-state index in [4.69, 9.17) is 5.73 Å². The van der Waals surface area contributed by atoms with E-state index in [0.29, 0.717) is 32.1 Å². The Morgan fingerprint density at radius 3 is 1.91 bits per heavy atom. The topological polar surface area (TPSA) is 66.6 Å². The molecule has 2 aliphatic rings. The molecular formula is C18H31N3O2. The number of nitrogens with two attached hydrogens (primary N) is 1. The van der Waals surface area contributed by atoms with E-state index in [0.717, 1.165) is 0 Å². The number of rotatable bonds is 2. The number of carbonyl (C=O) groups is 2. The van der Waals surface area contributed by atoms with Crippen molar-refractivity contribution < 1.29 is 9.59 Å². The van der Waals surface area contributed by atoms with Crippen LogP contribution in [0.2, 0.25) is 0 Å². The Hall–Kier alpha value is -1.52. The first-order valence-corrected chi connectivity index (χ1v) is 8.65. The van der Waals surface area contributed by atoms with Crippen molar-refractivity contribution >= 4 is 11.9 Å². The van der Waals surface area contributed by atoms with Gasteiger partial charge in [-0.15, -0.1) is 0 Å². The molecule has 0 unspecified atom stereocenters. The van der Waals surface area contributed by atoms with E-state index in [1.807, 2.05) is 0 Å². The Labute approximate surface area is 139 Å². The minimum atomic E-state index is -0.404. The minimum absolute atomic E-state index is 0.0475. The summed E-state index contributed by atoms with van der Waals surface area (Å²) in [4.78, 5) is 27.0. The highest BCUT2D eigenvalue weighted by Crippen LogP contribution is 2.51. The first-order valence-electron chi connectivity index (χ1n) is 8.65. The fourth-order valence-electron chi connectivity index (χ4n) is 4.32. The third kappa shape index (κ3) is 4.06. The Morgan fingerprint density at radius 1 is 0.957 bits per heavy atom. The van der Waals surface area contributed by atoms with E-state index in [2.05, 4.69) is 33.8 Å². The van der Waals surface area contributed by atoms with Gasteiger partial charge in [-0.1, -0.05) is 40.2 Å². The summed E-state index contributed by atoms with van der Waals surface area (Å²) < 4.78 is 0. The molecule has 0 aromatic heterocycles. The summed E-state index contributed by atoms with van der Waals surface area (Å²) >= 11 is 0. The quantitative estimate of drug-likeness (QED) is 0.795. The van der Waals surface area contributed by atoms with Crippen LogP contribution in [0.5, 0.6) is 0 Å². The third-order valence-corrected chi connectivity index (χ3v) is 5.66. The summed E-state index contributed by atoms with van der Waals surface area (Å²) in [6.45, 7) is 11.4. The molecule has 3 amide bonds. The van der Waals surface area contributed by atoms with Crippen LogP contribution in [0, 0.1) is 16.7 Å². The lowest BCUT2D eigenvalue weighted by Gasteiger charge is -2.48. The number of allylic oxidation sites excluding steroid dienone is 1. The minimum Gasteiger partial charge on any atom is -0.351 e. The number of nitrogens with zero attached hydrogens (tertiary/aromatic N) is 2. The van der Waals surface area contributed by atoms with Gasteiger partial charge >= 0.3 is 6.03 Å². The zero-order chi connectivity index (χ0) is 17.3. The molecule has 0 aromatic carbocycles. The maximum atomic E-state index is 12.4. The highest BCUT2D eigenvalue weighted by atomic mass is 16.2. The average molecular weight is 321 g/mol. The molecule has 0 atom stereocenters. The molecule has 2 fully saturated rings. The van der Waals surface area contributed by atoms with E-state index in [1.165, 1.54) is 19.3 Å². The van der Waals surface area contributed by atoms with E-state index in [9.17, 15) is 9.59 Å². The molecule has 2 rings (SSSR count). The fraction of sp³-hybridized carbons (Fsp3) is 0.778. The molecule has 0 aromatic rings. The molecule has 1 saturated heterocycles. The molecule has 1 aliphatic heterocycles. The van der Waals surface area contributed by atoms with Gasteiger partial charge in [-0.05, 0) is 35.7 Å². The maximum Gasteiger partial charge on any atom is 0.314 e. The standard InChI is InChI=1S/C18H31N3O2/c1-17(2)8-5-9-18(3,4)14(17)6-7-15(22)20-10-12-21(13-11-20)16(19)23/h6-7,14H,5,8-13H2,1-4H3,(H2,19,23). The Morgan fingerprint density at radius 2 is 1.43 bits per heavy atom. The average Bonchev–Trinajstić information content (AvgIpc) is 2.45. The summed E-state index contributed by atoms with van der Waals surface area (Å²) in [6.07, 6.45) is 7.54. The summed E-state index contributed by atoms with van der Waals surface area (Å²) in [5.41, 5.74) is 5.72. The number of urea groups is 1. The number of amides is 3. The van der Waals surface area contributed by atoms with Crippen molar-refractivity contribution in [1.82, 2.24) is 9.80 Å². The Balaban J connectivity index is 1.99. The lowest BCUT2D eigenvalue weighted by atomic mass is 9.57. The van der Waals surface area contributed by atoms with Gasteiger partial charge in [0.25, 0.3) is 0 Å². The second-order valence-corrected chi connectivity index (χ2v) is 8.32. The normalized spacial score (nSPS) is 24.9. The Kier molecular flexibility index (Phi) is 5.07. The molecule has 0 bridgehead atoms. The zero-order valence-electron chi connectivity index (χ0n) is 15.0. The molecule has 5 nitrogen and oxygen atoms in total. The number of piperazine rings is 1. The predicted octanol–water partition coefficient (Wildman–Crippen LogP) is 2.62. The van der Waals surface area contributed by atoms with Crippen molar-refractivity contribution in [2.24, 2.45) is 22.5 Å². The van der Waals surface area contributed by atoms with E-state index >= 15 is 0 Å². The molecule has 1 heterocycles. The van der Waals surface area contributed by atoms with Crippen LogP contribution in [-0.4, -0.2) is 47.9 Å². The lowest BCUT2D eigenvalue weighted by molar-refractivity contribution is -0.127. The van der Waals surface area contributed by atoms with E-state index < -0.39 is 6.03 Å². The van der Waals surface area contributed by atoms with Crippen LogP contribution in [0.3, 0.4) is 0 Å². The van der Waals surface area contributed by atoms with Gasteiger partial charge in [0, 0.05) is 26.2 Å². The highest BCUT2D eigenvalue weighted by Gasteiger charge is 2.42. The summed E-state index contributed by atoms with van der Waals surface area (Å²) in [5.74, 6) is 0.450. The van der Waals surface area contributed by atoms with Crippen LogP contribution in [0.15, 0.2) is 12.2 Å². The van der Waals surface area contributed by atoms with Crippen LogP contribution in [-0.2, 0) is 4.79 Å². The summed E-state index contributed by atoms with van der Waals surface area (Å²) in [7, 11) is 0. The molecule has 5 heteroatoms. The van der Waals surface area contributed by atoms with E-state index in [-0.39, 0.29) is 16.7 Å². The molecule has 0 spiro atoms. The Bertz CT molecular complexity index is 472. The van der Waals surface area contributed by atoms with Gasteiger partial charge in [-0.3, -0.25) is 4.79 Å². The predicted molar refractivity (Wildman–Crippen MR) is 91.8 cm³/mol. The van der Waals surface area contributed by atoms with Crippen molar-refractivity contribution in [2.45, 2.75) is 47.0 Å². The fourth-order valence-corrected chi connectivity index (χ4v) is 4.32. The number of primary amides is 1. The number of hydrogen-bond acceptors (Lipinski definition) is 2. The monoisotopic (exact) mass is 321 g/mol. The van der Waals surface area contributed by atoms with Gasteiger partial charge in [-0.2, -0.15) is 0 Å². The molecule has 1 aliphatic carbocycles. The van der Waals surface area contributed by atoms with Gasteiger partial charge in [0.15, 0.2) is 0 Å². The number of carbonyl (C=O) groups excluding carboxylic acids is 2. The van der Waals surface area contributed by atoms with Crippen molar-refractivity contribution in [3.05, 3.63) is 12.2 Å². The largest absolute Gasteiger partial charge is 0.351 e. The van der Waals surface area contributed by atoms with Crippen molar-refractivity contribution in [3.8, 4) is 0 Å². The first kappa shape index (κ1) is 17.8. The lowest BCUT2D eigenvalue weighted by Crippen LogP contribution is -2.51. The van der Waals surface area contributed by atoms with Gasteiger partial charge < -0.3 is 15.5 Å². The van der Waals surface area contributed by atoms with Gasteiger partial charge in [0.2, 0.25) is 5.91 Å². The molecule has 0 radical (unpaired) electrons. The van der Waals surface area contributed by atoms with Crippen LogP contribution in [0.25, 0.3) is 0 Å². The highest BCUT2D eigenvalue weighted by molar-refractivity contribution is 5.88. The molecule has 1 saturated carbocycles. The van der Waals surface area contributed by atoms with Crippen molar-refractivity contribution in [1.29, 1.82) is 0 Å². The smallest absolute Gasteiger partial charge is 0.314 e.